The minimum atomic E-state index is -0.506. The molecule has 142 valence electrons. The molecule has 0 aliphatic heterocycles. The minimum absolute atomic E-state index is 0.0294. The van der Waals surface area contributed by atoms with E-state index < -0.39 is 5.63 Å². The molecule has 7 nitrogen and oxygen atoms in total. The number of aromatic nitrogens is 3. The number of esters is 1. The first kappa shape index (κ1) is 18.8. The maximum atomic E-state index is 12.2. The molecule has 0 radical (unpaired) electrons. The van der Waals surface area contributed by atoms with E-state index in [4.69, 9.17) is 9.15 Å². The molecule has 0 atom stereocenters. The number of carbonyl (C=O) groups excluding carboxylic acids is 1. The molecule has 0 N–H and O–H groups in total. The summed E-state index contributed by atoms with van der Waals surface area (Å²) in [4.78, 5) is 24.4. The van der Waals surface area contributed by atoms with Gasteiger partial charge in [0.2, 0.25) is 0 Å². The van der Waals surface area contributed by atoms with Gasteiger partial charge in [-0.3, -0.25) is 4.79 Å². The first-order chi connectivity index (χ1) is 13.1. The lowest BCUT2D eigenvalue weighted by Crippen LogP contribution is -2.17. The van der Waals surface area contributed by atoms with Crippen LogP contribution in [0.3, 0.4) is 0 Å². The Kier molecular flexibility index (Phi) is 6.01. The van der Waals surface area contributed by atoms with E-state index in [2.05, 4.69) is 24.2 Å². The topological polar surface area (TPSA) is 87.2 Å². The third-order valence-corrected chi connectivity index (χ3v) is 4.38. The van der Waals surface area contributed by atoms with E-state index in [1.807, 2.05) is 12.1 Å². The minimum Gasteiger partial charge on any atom is -0.459 e. The van der Waals surface area contributed by atoms with Crippen LogP contribution < -0.4 is 5.63 Å². The van der Waals surface area contributed by atoms with Crippen LogP contribution in [-0.4, -0.2) is 21.0 Å². The standard InChI is InChI=1S/C20H23N3O4/c1-3-7-14(8-4-2)19(24)26-13-16-12-23(22-21-16)17-11-15-9-5-6-10-18(15)27-20(17)25/h5-6,9-12,14H,3-4,7-8,13H2,1-2H3. The molecule has 0 aliphatic carbocycles. The van der Waals surface area contributed by atoms with Crippen LogP contribution >= 0.6 is 0 Å². The number of hydrogen-bond acceptors (Lipinski definition) is 6. The van der Waals surface area contributed by atoms with E-state index in [1.54, 1.807) is 24.4 Å². The van der Waals surface area contributed by atoms with Gasteiger partial charge in [-0.2, -0.15) is 0 Å². The van der Waals surface area contributed by atoms with Crippen molar-refractivity contribution in [3.8, 4) is 5.69 Å². The molecule has 0 amide bonds. The fourth-order valence-electron chi connectivity index (χ4n) is 3.03. The SMILES string of the molecule is CCCC(CCC)C(=O)OCc1cn(-c2cc3ccccc3oc2=O)nn1. The van der Waals surface area contributed by atoms with Crippen molar-refractivity contribution in [2.24, 2.45) is 5.92 Å². The Labute approximate surface area is 156 Å². The quantitative estimate of drug-likeness (QED) is 0.445. The Morgan fingerprint density at radius 1 is 1.22 bits per heavy atom. The average Bonchev–Trinajstić information content (AvgIpc) is 3.14. The van der Waals surface area contributed by atoms with Gasteiger partial charge in [0.15, 0.2) is 5.69 Å². The zero-order valence-corrected chi connectivity index (χ0v) is 15.6. The number of fused-ring (bicyclic) bond motifs is 1. The van der Waals surface area contributed by atoms with Gasteiger partial charge in [0.25, 0.3) is 0 Å². The van der Waals surface area contributed by atoms with Crippen molar-refractivity contribution in [3.05, 3.63) is 52.6 Å². The van der Waals surface area contributed by atoms with Gasteiger partial charge in [-0.05, 0) is 25.0 Å². The number of benzene rings is 1. The fraction of sp³-hybridized carbons (Fsp3) is 0.400. The summed E-state index contributed by atoms with van der Waals surface area (Å²) in [6, 6.07) is 8.95. The number of nitrogens with zero attached hydrogens (tertiary/aromatic N) is 3. The first-order valence-corrected chi connectivity index (χ1v) is 9.23. The molecule has 0 unspecified atom stereocenters. The van der Waals surface area contributed by atoms with Crippen molar-refractivity contribution >= 4 is 16.9 Å². The lowest BCUT2D eigenvalue weighted by Gasteiger charge is -2.13. The van der Waals surface area contributed by atoms with Gasteiger partial charge in [-0.25, -0.2) is 9.48 Å². The maximum absolute atomic E-state index is 12.2. The van der Waals surface area contributed by atoms with Crippen LogP contribution in [0.15, 0.2) is 45.7 Å². The van der Waals surface area contributed by atoms with Crippen LogP contribution in [0, 0.1) is 5.92 Å². The van der Waals surface area contributed by atoms with Crippen LogP contribution in [-0.2, 0) is 16.1 Å². The normalized spacial score (nSPS) is 11.2. The van der Waals surface area contributed by atoms with Crippen LogP contribution in [0.25, 0.3) is 16.7 Å². The molecule has 1 aromatic carbocycles. The molecule has 7 heteroatoms. The van der Waals surface area contributed by atoms with Crippen molar-refractivity contribution in [3.63, 3.8) is 0 Å². The van der Waals surface area contributed by atoms with Gasteiger partial charge < -0.3 is 9.15 Å². The lowest BCUT2D eigenvalue weighted by atomic mass is 9.99. The Morgan fingerprint density at radius 2 is 1.96 bits per heavy atom. The molecule has 0 saturated carbocycles. The Balaban J connectivity index is 1.73. The highest BCUT2D eigenvalue weighted by molar-refractivity contribution is 5.77. The molecule has 3 rings (SSSR count). The first-order valence-electron chi connectivity index (χ1n) is 9.23. The van der Waals surface area contributed by atoms with Gasteiger partial charge >= 0.3 is 11.6 Å². The summed E-state index contributed by atoms with van der Waals surface area (Å²) >= 11 is 0. The molecule has 27 heavy (non-hydrogen) atoms. The second-order valence-electron chi connectivity index (χ2n) is 6.49. The van der Waals surface area contributed by atoms with Crippen molar-refractivity contribution in [1.29, 1.82) is 0 Å². The van der Waals surface area contributed by atoms with E-state index in [0.29, 0.717) is 11.3 Å². The number of carbonyl (C=O) groups is 1. The largest absolute Gasteiger partial charge is 0.459 e. The average molecular weight is 369 g/mol. The predicted octanol–water partition coefficient (Wildman–Crippen LogP) is 3.63. The van der Waals surface area contributed by atoms with E-state index >= 15 is 0 Å². The van der Waals surface area contributed by atoms with Crippen LogP contribution in [0.2, 0.25) is 0 Å². The summed E-state index contributed by atoms with van der Waals surface area (Å²) in [6.07, 6.45) is 5.08. The van der Waals surface area contributed by atoms with Gasteiger partial charge in [0.1, 0.15) is 17.9 Å². The summed E-state index contributed by atoms with van der Waals surface area (Å²) in [5.74, 6) is -0.291. The molecule has 0 spiro atoms. The van der Waals surface area contributed by atoms with Gasteiger partial charge in [-0.1, -0.05) is 50.1 Å². The molecule has 0 aliphatic rings. The van der Waals surface area contributed by atoms with Crippen LogP contribution in [0.4, 0.5) is 0 Å². The zero-order chi connectivity index (χ0) is 19.2. The Morgan fingerprint density at radius 3 is 2.70 bits per heavy atom. The molecule has 0 bridgehead atoms. The van der Waals surface area contributed by atoms with E-state index in [9.17, 15) is 9.59 Å². The molecule has 0 saturated heterocycles. The molecule has 2 heterocycles. The highest BCUT2D eigenvalue weighted by atomic mass is 16.5. The second-order valence-corrected chi connectivity index (χ2v) is 6.49. The summed E-state index contributed by atoms with van der Waals surface area (Å²) in [6.45, 7) is 4.13. The van der Waals surface area contributed by atoms with Crippen LogP contribution in [0.5, 0.6) is 0 Å². The molecular weight excluding hydrogens is 346 g/mol. The smallest absolute Gasteiger partial charge is 0.362 e. The van der Waals surface area contributed by atoms with E-state index in [1.165, 1.54) is 4.68 Å². The number of hydrogen-bond donors (Lipinski definition) is 0. The second kappa shape index (κ2) is 8.62. The van der Waals surface area contributed by atoms with E-state index in [0.717, 1.165) is 31.1 Å². The van der Waals surface area contributed by atoms with Gasteiger partial charge in [-0.15, -0.1) is 5.10 Å². The van der Waals surface area contributed by atoms with Gasteiger partial charge in [0, 0.05) is 5.39 Å². The van der Waals surface area contributed by atoms with Crippen molar-refractivity contribution in [2.75, 3.05) is 0 Å². The third-order valence-electron chi connectivity index (χ3n) is 4.38. The summed E-state index contributed by atoms with van der Waals surface area (Å²) in [5, 5.41) is 8.75. The molecular formula is C20H23N3O4. The molecule has 3 aromatic rings. The predicted molar refractivity (Wildman–Crippen MR) is 101 cm³/mol. The summed E-state index contributed by atoms with van der Waals surface area (Å²) in [5.41, 5.74) is 0.739. The summed E-state index contributed by atoms with van der Waals surface area (Å²) in [7, 11) is 0. The highest BCUT2D eigenvalue weighted by Crippen LogP contribution is 2.17. The lowest BCUT2D eigenvalue weighted by molar-refractivity contribution is -0.150. The number of ether oxygens (including phenoxy) is 1. The Hall–Kier alpha value is -2.96. The molecule has 0 fully saturated rings. The third kappa shape index (κ3) is 4.42. The monoisotopic (exact) mass is 369 g/mol. The van der Waals surface area contributed by atoms with Crippen LogP contribution in [0.1, 0.15) is 45.2 Å². The number of para-hydroxylation sites is 1. The highest BCUT2D eigenvalue weighted by Gasteiger charge is 2.19. The van der Waals surface area contributed by atoms with Crippen molar-refractivity contribution in [2.45, 2.75) is 46.1 Å². The maximum Gasteiger partial charge on any atom is 0.362 e. The summed E-state index contributed by atoms with van der Waals surface area (Å²) < 4.78 is 12.0. The zero-order valence-electron chi connectivity index (χ0n) is 15.6. The fourth-order valence-corrected chi connectivity index (χ4v) is 3.03. The van der Waals surface area contributed by atoms with E-state index in [-0.39, 0.29) is 24.2 Å². The van der Waals surface area contributed by atoms with Gasteiger partial charge in [0.05, 0.1) is 12.1 Å². The molecule has 2 aromatic heterocycles. The van der Waals surface area contributed by atoms with Crippen molar-refractivity contribution in [1.82, 2.24) is 15.0 Å². The van der Waals surface area contributed by atoms with Crippen molar-refractivity contribution < 1.29 is 13.9 Å². The Bertz CT molecular complexity index is 971. The number of rotatable bonds is 8.